The highest BCUT2D eigenvalue weighted by molar-refractivity contribution is 6.02. The molecule has 142 valence electrons. The molecule has 27 heavy (non-hydrogen) atoms. The van der Waals surface area contributed by atoms with Crippen molar-refractivity contribution < 1.29 is 9.18 Å². The van der Waals surface area contributed by atoms with Crippen molar-refractivity contribution >= 4 is 23.4 Å². The van der Waals surface area contributed by atoms with Crippen molar-refractivity contribution in [3.8, 4) is 0 Å². The Balaban J connectivity index is 1.60. The summed E-state index contributed by atoms with van der Waals surface area (Å²) in [7, 11) is 0. The predicted molar refractivity (Wildman–Crippen MR) is 110 cm³/mol. The molecule has 0 unspecified atom stereocenters. The molecule has 3 rings (SSSR count). The number of aryl methyl sites for hydroxylation is 1. The molecule has 2 aromatic carbocycles. The zero-order valence-electron chi connectivity index (χ0n) is 15.9. The molecule has 4 nitrogen and oxygen atoms in total. The number of anilines is 2. The number of amides is 1. The molecule has 1 aliphatic rings. The normalized spacial score (nSPS) is 15.3. The van der Waals surface area contributed by atoms with Gasteiger partial charge in [-0.2, -0.15) is 0 Å². The minimum atomic E-state index is -0.288. The molecule has 0 bridgehead atoms. The van der Waals surface area contributed by atoms with Gasteiger partial charge in [-0.1, -0.05) is 19.1 Å². The molecular weight excluding hydrogens is 341 g/mol. The molecule has 0 spiro atoms. The van der Waals surface area contributed by atoms with Crippen LogP contribution in [-0.2, 0) is 4.79 Å². The standard InChI is InChI=1S/C22H26FN3O/c1-3-25-12-14-26(15-13-25)20-9-10-21(17(2)16-20)24-22(27)11-6-18-4-7-19(23)8-5-18/h4-11,16H,3,12-15H2,1-2H3,(H,24,27)/b11-6+. The molecule has 1 N–H and O–H groups in total. The number of carbonyl (C=O) groups excluding carboxylic acids is 1. The lowest BCUT2D eigenvalue weighted by atomic mass is 10.1. The summed E-state index contributed by atoms with van der Waals surface area (Å²) in [6.07, 6.45) is 3.14. The molecule has 1 fully saturated rings. The average molecular weight is 367 g/mol. The van der Waals surface area contributed by atoms with Crippen molar-refractivity contribution in [2.24, 2.45) is 0 Å². The van der Waals surface area contributed by atoms with Crippen LogP contribution in [0.4, 0.5) is 15.8 Å². The highest BCUT2D eigenvalue weighted by Gasteiger charge is 2.16. The number of nitrogens with one attached hydrogen (secondary N) is 1. The van der Waals surface area contributed by atoms with E-state index >= 15 is 0 Å². The van der Waals surface area contributed by atoms with E-state index in [1.807, 2.05) is 13.0 Å². The fraction of sp³-hybridized carbons (Fsp3) is 0.318. The number of nitrogens with zero attached hydrogens (tertiary/aromatic N) is 2. The first kappa shape index (κ1) is 19.1. The topological polar surface area (TPSA) is 35.6 Å². The Morgan fingerprint density at radius 1 is 1.11 bits per heavy atom. The smallest absolute Gasteiger partial charge is 0.248 e. The summed E-state index contributed by atoms with van der Waals surface area (Å²) in [5.74, 6) is -0.491. The second-order valence-corrected chi connectivity index (χ2v) is 6.79. The summed E-state index contributed by atoms with van der Waals surface area (Å²) in [5, 5.41) is 2.91. The van der Waals surface area contributed by atoms with Crippen molar-refractivity contribution in [3.05, 3.63) is 65.5 Å². The van der Waals surface area contributed by atoms with E-state index in [9.17, 15) is 9.18 Å². The number of piperazine rings is 1. The van der Waals surface area contributed by atoms with E-state index in [4.69, 9.17) is 0 Å². The number of hydrogen-bond donors (Lipinski definition) is 1. The summed E-state index contributed by atoms with van der Waals surface area (Å²) < 4.78 is 12.9. The van der Waals surface area contributed by atoms with Gasteiger partial charge in [0.1, 0.15) is 5.82 Å². The summed E-state index contributed by atoms with van der Waals surface area (Å²) in [6.45, 7) is 9.53. The fourth-order valence-corrected chi connectivity index (χ4v) is 3.23. The minimum absolute atomic E-state index is 0.202. The number of likely N-dealkylation sites (N-methyl/N-ethyl adjacent to an activating group) is 1. The third-order valence-electron chi connectivity index (χ3n) is 4.95. The fourth-order valence-electron chi connectivity index (χ4n) is 3.23. The zero-order valence-corrected chi connectivity index (χ0v) is 15.9. The SMILES string of the molecule is CCN1CCN(c2ccc(NC(=O)/C=C/c3ccc(F)cc3)c(C)c2)CC1. The van der Waals surface area contributed by atoms with Gasteiger partial charge in [0.15, 0.2) is 0 Å². The van der Waals surface area contributed by atoms with Crippen molar-refractivity contribution in [1.82, 2.24) is 4.90 Å². The van der Waals surface area contributed by atoms with Crippen molar-refractivity contribution in [2.45, 2.75) is 13.8 Å². The van der Waals surface area contributed by atoms with Crippen LogP contribution in [0.5, 0.6) is 0 Å². The zero-order chi connectivity index (χ0) is 19.2. The van der Waals surface area contributed by atoms with Gasteiger partial charge < -0.3 is 15.1 Å². The van der Waals surface area contributed by atoms with Crippen LogP contribution in [0.2, 0.25) is 0 Å². The molecule has 0 aliphatic carbocycles. The van der Waals surface area contributed by atoms with Crippen LogP contribution in [0.25, 0.3) is 6.08 Å². The number of rotatable bonds is 5. The second-order valence-electron chi connectivity index (χ2n) is 6.79. The Hall–Kier alpha value is -2.66. The number of hydrogen-bond acceptors (Lipinski definition) is 3. The monoisotopic (exact) mass is 367 g/mol. The summed E-state index contributed by atoms with van der Waals surface area (Å²) >= 11 is 0. The Labute approximate surface area is 160 Å². The Morgan fingerprint density at radius 3 is 2.44 bits per heavy atom. The van der Waals surface area contributed by atoms with E-state index in [2.05, 4.69) is 34.2 Å². The van der Waals surface area contributed by atoms with Crippen molar-refractivity contribution in [2.75, 3.05) is 42.9 Å². The third kappa shape index (κ3) is 5.17. The molecule has 0 radical (unpaired) electrons. The van der Waals surface area contributed by atoms with E-state index in [1.54, 1.807) is 18.2 Å². The van der Waals surface area contributed by atoms with Crippen LogP contribution < -0.4 is 10.2 Å². The molecule has 1 saturated heterocycles. The maximum absolute atomic E-state index is 12.9. The van der Waals surface area contributed by atoms with E-state index in [0.29, 0.717) is 0 Å². The highest BCUT2D eigenvalue weighted by Crippen LogP contribution is 2.24. The van der Waals surface area contributed by atoms with Crippen LogP contribution in [0.15, 0.2) is 48.5 Å². The van der Waals surface area contributed by atoms with Gasteiger partial charge in [-0.25, -0.2) is 4.39 Å². The van der Waals surface area contributed by atoms with Crippen molar-refractivity contribution in [3.63, 3.8) is 0 Å². The molecule has 5 heteroatoms. The van der Waals surface area contributed by atoms with Crippen LogP contribution in [0.1, 0.15) is 18.1 Å². The average Bonchev–Trinajstić information content (AvgIpc) is 2.69. The van der Waals surface area contributed by atoms with Gasteiger partial charge in [0.2, 0.25) is 5.91 Å². The molecule has 0 saturated carbocycles. The largest absolute Gasteiger partial charge is 0.369 e. The summed E-state index contributed by atoms with van der Waals surface area (Å²) in [6, 6.07) is 12.2. The van der Waals surface area contributed by atoms with Gasteiger partial charge in [0, 0.05) is 43.6 Å². The van der Waals surface area contributed by atoms with Gasteiger partial charge in [-0.3, -0.25) is 4.79 Å². The molecular formula is C22H26FN3O. The van der Waals surface area contributed by atoms with E-state index < -0.39 is 0 Å². The highest BCUT2D eigenvalue weighted by atomic mass is 19.1. The maximum Gasteiger partial charge on any atom is 0.248 e. The third-order valence-corrected chi connectivity index (χ3v) is 4.95. The summed E-state index contributed by atoms with van der Waals surface area (Å²) in [5.41, 5.74) is 3.82. The van der Waals surface area contributed by atoms with Gasteiger partial charge in [-0.15, -0.1) is 0 Å². The van der Waals surface area contributed by atoms with Crippen LogP contribution in [-0.4, -0.2) is 43.5 Å². The molecule has 2 aromatic rings. The van der Waals surface area contributed by atoms with Crippen LogP contribution >= 0.6 is 0 Å². The number of carbonyl (C=O) groups is 1. The van der Waals surface area contributed by atoms with Crippen molar-refractivity contribution in [1.29, 1.82) is 0 Å². The predicted octanol–water partition coefficient (Wildman–Crippen LogP) is 3.93. The first-order valence-corrected chi connectivity index (χ1v) is 9.38. The molecule has 0 aromatic heterocycles. The lowest BCUT2D eigenvalue weighted by Crippen LogP contribution is -2.46. The van der Waals surface area contributed by atoms with E-state index in [-0.39, 0.29) is 11.7 Å². The summed E-state index contributed by atoms with van der Waals surface area (Å²) in [4.78, 5) is 17.0. The Kier molecular flexibility index (Phi) is 6.24. The Bertz CT molecular complexity index is 809. The molecule has 1 amide bonds. The lowest BCUT2D eigenvalue weighted by molar-refractivity contribution is -0.111. The van der Waals surface area contributed by atoms with Gasteiger partial charge in [0.25, 0.3) is 0 Å². The van der Waals surface area contributed by atoms with E-state index in [1.165, 1.54) is 23.9 Å². The number of halogens is 1. The van der Waals surface area contributed by atoms with Gasteiger partial charge in [0.05, 0.1) is 0 Å². The minimum Gasteiger partial charge on any atom is -0.369 e. The van der Waals surface area contributed by atoms with Gasteiger partial charge in [-0.05, 0) is 61.0 Å². The first-order chi connectivity index (χ1) is 13.0. The van der Waals surface area contributed by atoms with E-state index in [0.717, 1.165) is 49.5 Å². The molecule has 1 aliphatic heterocycles. The Morgan fingerprint density at radius 2 is 1.81 bits per heavy atom. The molecule has 1 heterocycles. The quantitative estimate of drug-likeness (QED) is 0.814. The molecule has 0 atom stereocenters. The second kappa shape index (κ2) is 8.82. The van der Waals surface area contributed by atoms with Crippen LogP contribution in [0.3, 0.4) is 0 Å². The van der Waals surface area contributed by atoms with Crippen LogP contribution in [0, 0.1) is 12.7 Å². The van der Waals surface area contributed by atoms with Gasteiger partial charge >= 0.3 is 0 Å². The first-order valence-electron chi connectivity index (χ1n) is 9.38. The number of benzene rings is 2. The lowest BCUT2D eigenvalue weighted by Gasteiger charge is -2.35. The maximum atomic E-state index is 12.9.